The Balaban J connectivity index is 1.17. The van der Waals surface area contributed by atoms with Crippen LogP contribution in [0, 0.1) is 5.41 Å². The first-order valence-corrected chi connectivity index (χ1v) is 20.2. The molecule has 1 N–H and O–H groups in total. The van der Waals surface area contributed by atoms with E-state index < -0.39 is 21.3 Å². The summed E-state index contributed by atoms with van der Waals surface area (Å²) in [6, 6.07) is 19.0. The maximum Gasteiger partial charge on any atom is 0.264 e. The highest BCUT2D eigenvalue weighted by Gasteiger charge is 2.66. The van der Waals surface area contributed by atoms with Crippen molar-refractivity contribution in [1.29, 1.82) is 0 Å². The van der Waals surface area contributed by atoms with Crippen molar-refractivity contribution in [2.75, 3.05) is 27.2 Å². The summed E-state index contributed by atoms with van der Waals surface area (Å²) in [5, 5.41) is 1.50. The van der Waals surface area contributed by atoms with E-state index in [1.165, 1.54) is 12.0 Å². The maximum atomic E-state index is 14.9. The zero-order valence-electron chi connectivity index (χ0n) is 29.0. The van der Waals surface area contributed by atoms with Crippen LogP contribution in [0.4, 0.5) is 0 Å². The number of sulfonamides is 1. The molecule has 3 aliphatic heterocycles. The summed E-state index contributed by atoms with van der Waals surface area (Å²) in [7, 11) is -0.183. The molecule has 2 aliphatic carbocycles. The number of piperidine rings is 1. The molecule has 2 saturated carbocycles. The van der Waals surface area contributed by atoms with Crippen LogP contribution in [0.25, 0.3) is 22.2 Å². The van der Waals surface area contributed by atoms with Gasteiger partial charge < -0.3 is 19.1 Å². The molecule has 1 aromatic heterocycles. The van der Waals surface area contributed by atoms with E-state index in [9.17, 15) is 18.0 Å². The number of likely N-dealkylation sites (N-methyl/N-ethyl adjacent to an activating group) is 1. The zero-order chi connectivity index (χ0) is 35.2. The van der Waals surface area contributed by atoms with Gasteiger partial charge in [0.1, 0.15) is 5.75 Å². The van der Waals surface area contributed by atoms with Crippen LogP contribution in [0.15, 0.2) is 60.7 Å². The lowest BCUT2D eigenvalue weighted by atomic mass is 9.81. The van der Waals surface area contributed by atoms with Crippen LogP contribution in [-0.2, 0) is 27.1 Å². The van der Waals surface area contributed by atoms with Gasteiger partial charge in [0.25, 0.3) is 5.91 Å². The van der Waals surface area contributed by atoms with Crippen molar-refractivity contribution < 1.29 is 22.7 Å². The highest BCUT2D eigenvalue weighted by atomic mass is 35.5. The fourth-order valence-electron chi connectivity index (χ4n) is 9.91. The summed E-state index contributed by atoms with van der Waals surface area (Å²) in [5.41, 5.74) is 5.72. The van der Waals surface area contributed by atoms with E-state index in [0.717, 1.165) is 85.1 Å². The standard InChI is InChI=1S/C40H43ClN4O5S/c1-43-20-28-17-29(21-43)45(28)39(47)40-19-34(40)33-18-30(50-2)12-14-31(33)37-36(25-8-4-3-5-9-25)32-13-11-26(16-35(32)44(37)23-40)38(46)42-51(48,49)22-24-7-6-10-27(41)15-24/h6-7,10-16,18,25,28-29,34H,3-5,8-9,17,19-23H2,1-2H3,(H,42,46). The molecule has 2 saturated heterocycles. The fourth-order valence-corrected chi connectivity index (χ4v) is 11.2. The predicted molar refractivity (Wildman–Crippen MR) is 198 cm³/mol. The van der Waals surface area contributed by atoms with Gasteiger partial charge in [-0.2, -0.15) is 0 Å². The number of likely N-dealkylation sites (tertiary alicyclic amines) is 2. The number of aromatic nitrogens is 1. The Morgan fingerprint density at radius 2 is 1.78 bits per heavy atom. The van der Waals surface area contributed by atoms with Crippen molar-refractivity contribution >= 4 is 44.3 Å². The van der Waals surface area contributed by atoms with Gasteiger partial charge in [0, 0.05) is 64.7 Å². The Labute approximate surface area is 303 Å². The number of nitrogens with one attached hydrogen (secondary N) is 1. The molecule has 51 heavy (non-hydrogen) atoms. The lowest BCUT2D eigenvalue weighted by Crippen LogP contribution is -2.70. The largest absolute Gasteiger partial charge is 0.497 e. The molecule has 4 unspecified atom stereocenters. The Kier molecular flexibility index (Phi) is 7.83. The monoisotopic (exact) mass is 726 g/mol. The SMILES string of the molecule is COc1ccc2c(c1)C1CC1(C(=O)N1C3CC1CN(C)C3)Cn1c-2c(C2CCCCC2)c2ccc(C(=O)NS(=O)(=O)Cc3cccc(Cl)c3)cc21. The van der Waals surface area contributed by atoms with Gasteiger partial charge in [-0.05, 0) is 97.8 Å². The topological polar surface area (TPSA) is 101 Å². The average molecular weight is 727 g/mol. The molecule has 3 aromatic carbocycles. The first-order chi connectivity index (χ1) is 24.5. The van der Waals surface area contributed by atoms with Crippen molar-refractivity contribution in [2.45, 2.75) is 81.2 Å². The highest BCUT2D eigenvalue weighted by Crippen LogP contribution is 2.67. The van der Waals surface area contributed by atoms with Crippen LogP contribution >= 0.6 is 11.6 Å². The molecule has 5 aliphatic rings. The number of nitrogens with zero attached hydrogens (tertiary/aromatic N) is 3. The minimum Gasteiger partial charge on any atom is -0.497 e. The number of hydrogen-bond donors (Lipinski definition) is 1. The molecular weight excluding hydrogens is 684 g/mol. The molecule has 11 heteroatoms. The van der Waals surface area contributed by atoms with E-state index in [0.29, 0.717) is 23.0 Å². The first-order valence-electron chi connectivity index (χ1n) is 18.2. The second kappa shape index (κ2) is 12.1. The van der Waals surface area contributed by atoms with Crippen molar-refractivity contribution in [2.24, 2.45) is 5.41 Å². The van der Waals surface area contributed by atoms with E-state index >= 15 is 0 Å². The summed E-state index contributed by atoms with van der Waals surface area (Å²) in [4.78, 5) is 33.1. The van der Waals surface area contributed by atoms with Crippen LogP contribution < -0.4 is 9.46 Å². The van der Waals surface area contributed by atoms with E-state index in [4.69, 9.17) is 16.3 Å². The number of halogens is 1. The van der Waals surface area contributed by atoms with Gasteiger partial charge in [0.05, 0.1) is 24.0 Å². The first kappa shape index (κ1) is 33.0. The normalized spacial score (nSPS) is 25.6. The fraction of sp³-hybridized carbons (Fsp3) is 0.450. The zero-order valence-corrected chi connectivity index (χ0v) is 30.6. The van der Waals surface area contributed by atoms with Gasteiger partial charge in [-0.3, -0.25) is 9.59 Å². The quantitative estimate of drug-likeness (QED) is 0.228. The third kappa shape index (κ3) is 5.47. The van der Waals surface area contributed by atoms with Gasteiger partial charge in [-0.1, -0.05) is 49.1 Å². The summed E-state index contributed by atoms with van der Waals surface area (Å²) >= 11 is 6.09. The second-order valence-corrected chi connectivity index (χ2v) is 17.7. The van der Waals surface area contributed by atoms with Gasteiger partial charge in [-0.25, -0.2) is 13.1 Å². The molecule has 4 aromatic rings. The number of piperazine rings is 1. The molecule has 4 fully saturated rings. The Bertz CT molecular complexity index is 2200. The molecular formula is C40H43ClN4O5S. The number of hydrogen-bond acceptors (Lipinski definition) is 6. The Morgan fingerprint density at radius 3 is 2.53 bits per heavy atom. The van der Waals surface area contributed by atoms with Crippen LogP contribution in [-0.4, -0.2) is 73.9 Å². The minimum atomic E-state index is -4.00. The summed E-state index contributed by atoms with van der Waals surface area (Å²) in [5.74, 6) is 0.383. The van der Waals surface area contributed by atoms with E-state index in [1.54, 1.807) is 37.4 Å². The van der Waals surface area contributed by atoms with Gasteiger partial charge in [0.15, 0.2) is 0 Å². The molecule has 266 valence electrons. The van der Waals surface area contributed by atoms with E-state index in [1.807, 2.05) is 18.2 Å². The second-order valence-electron chi connectivity index (χ2n) is 15.6. The molecule has 0 spiro atoms. The van der Waals surface area contributed by atoms with Crippen LogP contribution in [0.5, 0.6) is 5.75 Å². The van der Waals surface area contributed by atoms with Crippen LogP contribution in [0.1, 0.15) is 83.8 Å². The summed E-state index contributed by atoms with van der Waals surface area (Å²) in [6.45, 7) is 2.31. The third-order valence-electron chi connectivity index (χ3n) is 12.3. The Morgan fingerprint density at radius 1 is 1.00 bits per heavy atom. The van der Waals surface area contributed by atoms with Gasteiger partial charge in [-0.15, -0.1) is 0 Å². The smallest absolute Gasteiger partial charge is 0.264 e. The molecule has 2 bridgehead atoms. The number of rotatable bonds is 7. The number of carbonyl (C=O) groups excluding carboxylic acids is 2. The van der Waals surface area contributed by atoms with Crippen LogP contribution in [0.3, 0.4) is 0 Å². The number of benzene rings is 3. The van der Waals surface area contributed by atoms with Gasteiger partial charge in [0.2, 0.25) is 15.9 Å². The number of ether oxygens (including phenoxy) is 1. The van der Waals surface area contributed by atoms with Crippen molar-refractivity contribution in [3.63, 3.8) is 0 Å². The summed E-state index contributed by atoms with van der Waals surface area (Å²) in [6.07, 6.45) is 7.53. The molecule has 2 amide bonds. The predicted octanol–water partition coefficient (Wildman–Crippen LogP) is 6.68. The molecule has 9 nitrogen and oxygen atoms in total. The minimum absolute atomic E-state index is 0.0615. The van der Waals surface area contributed by atoms with Crippen molar-refractivity contribution in [3.05, 3.63) is 87.9 Å². The van der Waals surface area contributed by atoms with Crippen molar-refractivity contribution in [1.82, 2.24) is 19.1 Å². The maximum absolute atomic E-state index is 14.9. The van der Waals surface area contributed by atoms with E-state index in [-0.39, 0.29) is 35.2 Å². The number of amides is 2. The Hall–Kier alpha value is -3.86. The molecule has 4 atom stereocenters. The lowest BCUT2D eigenvalue weighted by Gasteiger charge is -2.56. The number of carbonyl (C=O) groups is 2. The highest BCUT2D eigenvalue weighted by molar-refractivity contribution is 7.89. The van der Waals surface area contributed by atoms with Crippen LogP contribution in [0.2, 0.25) is 5.02 Å². The number of methoxy groups -OCH3 is 1. The van der Waals surface area contributed by atoms with Gasteiger partial charge >= 0.3 is 0 Å². The third-order valence-corrected chi connectivity index (χ3v) is 13.8. The van der Waals surface area contributed by atoms with Crippen molar-refractivity contribution in [3.8, 4) is 17.0 Å². The van der Waals surface area contributed by atoms with E-state index in [2.05, 4.69) is 38.3 Å². The molecule has 9 rings (SSSR count). The summed E-state index contributed by atoms with van der Waals surface area (Å²) < 4.78 is 36.7. The molecule has 4 heterocycles. The lowest BCUT2D eigenvalue weighted by molar-refractivity contribution is -0.159. The average Bonchev–Trinajstić information content (AvgIpc) is 3.78. The molecule has 0 radical (unpaired) electrons. The number of fused-ring (bicyclic) bond motifs is 9.